The molecule has 0 bridgehead atoms. The third kappa shape index (κ3) is 2.77. The van der Waals surface area contributed by atoms with Crippen molar-refractivity contribution in [1.29, 1.82) is 0 Å². The molecule has 0 radical (unpaired) electrons. The van der Waals surface area contributed by atoms with E-state index < -0.39 is 30.0 Å². The van der Waals surface area contributed by atoms with E-state index in [-0.39, 0.29) is 0 Å². The second kappa shape index (κ2) is 6.25. The molecule has 7 heteroatoms. The van der Waals surface area contributed by atoms with E-state index in [1.165, 1.54) is 0 Å². The predicted octanol–water partition coefficient (Wildman–Crippen LogP) is 3.13. The van der Waals surface area contributed by atoms with Crippen LogP contribution in [-0.4, -0.2) is 27.9 Å². The number of hydrogen-bond donors (Lipinski definition) is 0. The van der Waals surface area contributed by atoms with Gasteiger partial charge in [0.2, 0.25) is 0 Å². The smallest absolute Gasteiger partial charge is 0.399 e. The van der Waals surface area contributed by atoms with Crippen LogP contribution in [0.4, 0.5) is 4.39 Å². The number of para-hydroxylation sites is 1. The third-order valence-corrected chi connectivity index (χ3v) is 5.83. The van der Waals surface area contributed by atoms with Gasteiger partial charge in [0.05, 0.1) is 27.8 Å². The highest BCUT2D eigenvalue weighted by Crippen LogP contribution is 2.36. The zero-order valence-corrected chi connectivity index (χ0v) is 16.6. The standard InChI is InChI=1S/C21H22BFN2O3/c1-13-15(22-27-20(2,3)21(4,5)28-22)10-8-12-17(13)25-18(26)14-9-6-7-11-16(14)24-19(25)23/h6-12H,1-5H3. The van der Waals surface area contributed by atoms with Gasteiger partial charge in [0.25, 0.3) is 11.6 Å². The molecule has 144 valence electrons. The van der Waals surface area contributed by atoms with Gasteiger partial charge in [0, 0.05) is 0 Å². The lowest BCUT2D eigenvalue weighted by atomic mass is 9.76. The van der Waals surface area contributed by atoms with E-state index in [0.717, 1.165) is 10.0 Å². The summed E-state index contributed by atoms with van der Waals surface area (Å²) in [5.41, 5.74) is 0.792. The molecule has 0 amide bonds. The topological polar surface area (TPSA) is 53.4 Å². The number of aromatic nitrogens is 2. The molecule has 1 aromatic heterocycles. The Morgan fingerprint density at radius 3 is 2.32 bits per heavy atom. The normalized spacial score (nSPS) is 18.0. The Labute approximate surface area is 163 Å². The number of rotatable bonds is 2. The maximum absolute atomic E-state index is 14.8. The van der Waals surface area contributed by atoms with Crippen LogP contribution in [0.1, 0.15) is 33.3 Å². The van der Waals surface area contributed by atoms with Crippen LogP contribution >= 0.6 is 0 Å². The predicted molar refractivity (Wildman–Crippen MR) is 108 cm³/mol. The van der Waals surface area contributed by atoms with Crippen molar-refractivity contribution in [1.82, 2.24) is 9.55 Å². The average molecular weight is 380 g/mol. The number of halogens is 1. The Bertz CT molecular complexity index is 1120. The first kappa shape index (κ1) is 18.8. The summed E-state index contributed by atoms with van der Waals surface area (Å²) in [5, 5.41) is 0.365. The maximum Gasteiger partial charge on any atom is 0.495 e. The van der Waals surface area contributed by atoms with Gasteiger partial charge in [-0.3, -0.25) is 4.79 Å². The van der Waals surface area contributed by atoms with E-state index in [1.54, 1.807) is 36.4 Å². The summed E-state index contributed by atoms with van der Waals surface area (Å²) in [6, 6.07) is 12.1. The first-order chi connectivity index (χ1) is 13.1. The third-order valence-electron chi connectivity index (χ3n) is 5.83. The quantitative estimate of drug-likeness (QED) is 0.507. The van der Waals surface area contributed by atoms with Crippen LogP contribution in [0.25, 0.3) is 16.6 Å². The lowest BCUT2D eigenvalue weighted by molar-refractivity contribution is 0.00578. The van der Waals surface area contributed by atoms with Crippen molar-refractivity contribution < 1.29 is 13.7 Å². The number of fused-ring (bicyclic) bond motifs is 1. The molecule has 1 aliphatic heterocycles. The second-order valence-corrected chi connectivity index (χ2v) is 8.12. The van der Waals surface area contributed by atoms with Crippen LogP contribution in [0.3, 0.4) is 0 Å². The van der Waals surface area contributed by atoms with Crippen molar-refractivity contribution in [3.63, 3.8) is 0 Å². The van der Waals surface area contributed by atoms with E-state index in [2.05, 4.69) is 4.98 Å². The molecular weight excluding hydrogens is 358 g/mol. The molecule has 0 saturated carbocycles. The van der Waals surface area contributed by atoms with Crippen molar-refractivity contribution in [3.05, 3.63) is 64.5 Å². The summed E-state index contributed by atoms with van der Waals surface area (Å²) in [6.45, 7) is 9.73. The van der Waals surface area contributed by atoms with E-state index in [9.17, 15) is 9.18 Å². The maximum atomic E-state index is 14.8. The number of hydrogen-bond acceptors (Lipinski definition) is 4. The molecule has 1 saturated heterocycles. The molecule has 2 heterocycles. The highest BCUT2D eigenvalue weighted by molar-refractivity contribution is 6.62. The van der Waals surface area contributed by atoms with Gasteiger partial charge in [0.15, 0.2) is 0 Å². The van der Waals surface area contributed by atoms with Gasteiger partial charge in [-0.2, -0.15) is 4.39 Å². The molecule has 4 rings (SSSR count). The molecule has 0 N–H and O–H groups in total. The van der Waals surface area contributed by atoms with Gasteiger partial charge in [-0.1, -0.05) is 24.3 Å². The van der Waals surface area contributed by atoms with Gasteiger partial charge in [-0.15, -0.1) is 0 Å². The van der Waals surface area contributed by atoms with Crippen LogP contribution < -0.4 is 11.0 Å². The summed E-state index contributed by atoms with van der Waals surface area (Å²) >= 11 is 0. The molecule has 0 spiro atoms. The fourth-order valence-corrected chi connectivity index (χ4v) is 3.42. The minimum absolute atomic E-state index is 0.334. The Morgan fingerprint density at radius 2 is 1.64 bits per heavy atom. The summed E-state index contributed by atoms with van der Waals surface area (Å²) in [7, 11) is -0.600. The Morgan fingerprint density at radius 1 is 1.00 bits per heavy atom. The van der Waals surface area contributed by atoms with Crippen LogP contribution in [0.2, 0.25) is 0 Å². The highest BCUT2D eigenvalue weighted by Gasteiger charge is 2.52. The van der Waals surface area contributed by atoms with E-state index >= 15 is 0 Å². The van der Waals surface area contributed by atoms with Crippen molar-refractivity contribution >= 4 is 23.5 Å². The van der Waals surface area contributed by atoms with Gasteiger partial charge >= 0.3 is 7.12 Å². The Hall–Kier alpha value is -2.51. The summed E-state index contributed by atoms with van der Waals surface area (Å²) in [6.07, 6.45) is -0.849. The van der Waals surface area contributed by atoms with Crippen molar-refractivity contribution in [3.8, 4) is 5.69 Å². The van der Waals surface area contributed by atoms with Gasteiger partial charge < -0.3 is 9.31 Å². The Kier molecular flexibility index (Phi) is 4.21. The van der Waals surface area contributed by atoms with Crippen molar-refractivity contribution in [2.45, 2.75) is 45.8 Å². The highest BCUT2D eigenvalue weighted by atomic mass is 19.1. The molecular formula is C21H22BFN2O3. The van der Waals surface area contributed by atoms with Crippen LogP contribution in [-0.2, 0) is 9.31 Å². The molecule has 28 heavy (non-hydrogen) atoms. The lowest BCUT2D eigenvalue weighted by Crippen LogP contribution is -2.41. The minimum Gasteiger partial charge on any atom is -0.399 e. The van der Waals surface area contributed by atoms with Crippen LogP contribution in [0.15, 0.2) is 47.3 Å². The van der Waals surface area contributed by atoms with E-state index in [4.69, 9.17) is 9.31 Å². The summed E-state index contributed by atoms with van der Waals surface area (Å²) < 4.78 is 28.1. The summed E-state index contributed by atoms with van der Waals surface area (Å²) in [5.74, 6) is 0. The lowest BCUT2D eigenvalue weighted by Gasteiger charge is -2.32. The van der Waals surface area contributed by atoms with Crippen LogP contribution in [0.5, 0.6) is 0 Å². The Balaban J connectivity index is 1.87. The van der Waals surface area contributed by atoms with Crippen molar-refractivity contribution in [2.24, 2.45) is 0 Å². The first-order valence-electron chi connectivity index (χ1n) is 9.25. The zero-order chi connectivity index (χ0) is 20.3. The average Bonchev–Trinajstić information content (AvgIpc) is 2.84. The molecule has 5 nitrogen and oxygen atoms in total. The molecule has 3 aromatic rings. The van der Waals surface area contributed by atoms with Gasteiger partial charge in [0.1, 0.15) is 0 Å². The monoisotopic (exact) mass is 380 g/mol. The van der Waals surface area contributed by atoms with E-state index in [0.29, 0.717) is 22.2 Å². The van der Waals surface area contributed by atoms with E-state index in [1.807, 2.05) is 40.7 Å². The summed E-state index contributed by atoms with van der Waals surface area (Å²) in [4.78, 5) is 16.9. The fraction of sp³-hybridized carbons (Fsp3) is 0.333. The van der Waals surface area contributed by atoms with Crippen LogP contribution in [0, 0.1) is 13.0 Å². The van der Waals surface area contributed by atoms with Crippen molar-refractivity contribution in [2.75, 3.05) is 0 Å². The van der Waals surface area contributed by atoms with Gasteiger partial charge in [-0.05, 0) is 63.8 Å². The SMILES string of the molecule is Cc1c(B2OC(C)(C)C(C)(C)O2)cccc1-n1c(F)nc2ccccc2c1=O. The molecule has 2 aromatic carbocycles. The first-order valence-corrected chi connectivity index (χ1v) is 9.25. The number of benzene rings is 2. The minimum atomic E-state index is -0.849. The largest absolute Gasteiger partial charge is 0.495 e. The fourth-order valence-electron chi connectivity index (χ4n) is 3.42. The van der Waals surface area contributed by atoms with Gasteiger partial charge in [-0.25, -0.2) is 9.55 Å². The molecule has 0 atom stereocenters. The molecule has 0 aliphatic carbocycles. The number of nitrogens with zero attached hydrogens (tertiary/aromatic N) is 2. The molecule has 1 aliphatic rings. The molecule has 1 fully saturated rings. The zero-order valence-electron chi connectivity index (χ0n) is 16.6. The molecule has 0 unspecified atom stereocenters. The second-order valence-electron chi connectivity index (χ2n) is 8.12.